The topological polar surface area (TPSA) is 97.6 Å². The summed E-state index contributed by atoms with van der Waals surface area (Å²) in [6.45, 7) is 0.208. The van der Waals surface area contributed by atoms with Crippen LogP contribution in [0.1, 0.15) is 34.9 Å². The molecule has 0 spiro atoms. The maximum atomic E-state index is 12.3. The van der Waals surface area contributed by atoms with Crippen LogP contribution < -0.4 is 10.6 Å². The molecule has 2 unspecified atom stereocenters. The van der Waals surface area contributed by atoms with E-state index in [0.717, 1.165) is 12.2 Å². The molecule has 7 nitrogen and oxygen atoms in total. The summed E-state index contributed by atoms with van der Waals surface area (Å²) in [5.74, 6) is 0.182. The minimum Gasteiger partial charge on any atom is -0.469 e. The number of hydrogen-bond acceptors (Lipinski definition) is 5. The summed E-state index contributed by atoms with van der Waals surface area (Å²) in [7, 11) is 1.30. The molecule has 1 heterocycles. The highest BCUT2D eigenvalue weighted by molar-refractivity contribution is 5.97. The highest BCUT2D eigenvalue weighted by Gasteiger charge is 2.45. The number of rotatable bonds is 7. The number of carbonyl (C=O) groups is 3. The Bertz CT molecular complexity index is 783. The van der Waals surface area contributed by atoms with Gasteiger partial charge in [0.1, 0.15) is 5.76 Å². The molecule has 0 radical (unpaired) electrons. The lowest BCUT2D eigenvalue weighted by Crippen LogP contribution is -2.26. The summed E-state index contributed by atoms with van der Waals surface area (Å²) in [6.07, 6.45) is 2.51. The molecule has 1 aromatic heterocycles. The van der Waals surface area contributed by atoms with Crippen LogP contribution in [-0.4, -0.2) is 31.4 Å². The Kier molecular flexibility index (Phi) is 5.36. The predicted octanol–water partition coefficient (Wildman–Crippen LogP) is 2.31. The van der Waals surface area contributed by atoms with Crippen LogP contribution in [0.25, 0.3) is 0 Å². The van der Waals surface area contributed by atoms with E-state index in [9.17, 15) is 14.4 Å². The smallest absolute Gasteiger partial charge is 0.307 e. The molecule has 136 valence electrons. The molecule has 2 amide bonds. The van der Waals surface area contributed by atoms with Crippen molar-refractivity contribution < 1.29 is 23.5 Å². The Labute approximate surface area is 150 Å². The van der Waals surface area contributed by atoms with Crippen LogP contribution in [0, 0.1) is 5.92 Å². The van der Waals surface area contributed by atoms with Crippen LogP contribution in [0.3, 0.4) is 0 Å². The third-order valence-corrected chi connectivity index (χ3v) is 4.29. The van der Waals surface area contributed by atoms with Gasteiger partial charge in [0.15, 0.2) is 0 Å². The molecule has 0 saturated heterocycles. The Hall–Kier alpha value is -3.09. The Balaban J connectivity index is 1.48. The van der Waals surface area contributed by atoms with E-state index in [0.29, 0.717) is 11.3 Å². The number of ether oxygens (including phenoxy) is 1. The average molecular weight is 356 g/mol. The lowest BCUT2D eigenvalue weighted by molar-refractivity contribution is -0.140. The monoisotopic (exact) mass is 356 g/mol. The van der Waals surface area contributed by atoms with E-state index < -0.39 is 0 Å². The van der Waals surface area contributed by atoms with Crippen molar-refractivity contribution in [2.24, 2.45) is 5.92 Å². The van der Waals surface area contributed by atoms with E-state index in [1.807, 2.05) is 12.1 Å². The highest BCUT2D eigenvalue weighted by atomic mass is 16.5. The quantitative estimate of drug-likeness (QED) is 0.742. The summed E-state index contributed by atoms with van der Waals surface area (Å²) < 4.78 is 9.84. The number of methoxy groups -OCH3 is 1. The number of benzene rings is 1. The molecule has 2 atom stereocenters. The van der Waals surface area contributed by atoms with Gasteiger partial charge in [0.2, 0.25) is 5.91 Å². The van der Waals surface area contributed by atoms with Gasteiger partial charge in [-0.2, -0.15) is 0 Å². The van der Waals surface area contributed by atoms with Gasteiger partial charge < -0.3 is 19.8 Å². The van der Waals surface area contributed by atoms with Crippen molar-refractivity contribution in [2.75, 3.05) is 19.0 Å². The molecule has 1 fully saturated rings. The van der Waals surface area contributed by atoms with Gasteiger partial charge in [-0.25, -0.2) is 0 Å². The van der Waals surface area contributed by atoms with Gasteiger partial charge in [0.05, 0.1) is 19.8 Å². The van der Waals surface area contributed by atoms with Crippen molar-refractivity contribution in [3.63, 3.8) is 0 Å². The normalized spacial score (nSPS) is 18.0. The average Bonchev–Trinajstić information content (AvgIpc) is 3.27. The lowest BCUT2D eigenvalue weighted by atomic mass is 10.2. The first-order valence-corrected chi connectivity index (χ1v) is 8.38. The van der Waals surface area contributed by atoms with Crippen molar-refractivity contribution in [2.45, 2.75) is 18.8 Å². The molecule has 1 aromatic carbocycles. The minimum atomic E-state index is -0.378. The summed E-state index contributed by atoms with van der Waals surface area (Å²) in [6, 6.07) is 10.3. The van der Waals surface area contributed by atoms with E-state index in [-0.39, 0.29) is 42.6 Å². The number of nitrogens with one attached hydrogen (secondary N) is 2. The molecule has 1 aliphatic carbocycles. The molecule has 3 rings (SSSR count). The fraction of sp³-hybridized carbons (Fsp3) is 0.316. The zero-order chi connectivity index (χ0) is 18.5. The zero-order valence-corrected chi connectivity index (χ0v) is 14.4. The van der Waals surface area contributed by atoms with Crippen molar-refractivity contribution >= 4 is 23.5 Å². The molecule has 0 bridgehead atoms. The van der Waals surface area contributed by atoms with Gasteiger partial charge in [-0.05, 0) is 42.8 Å². The Morgan fingerprint density at radius 2 is 1.96 bits per heavy atom. The fourth-order valence-electron chi connectivity index (χ4n) is 2.72. The fourth-order valence-corrected chi connectivity index (χ4v) is 2.72. The van der Waals surface area contributed by atoms with Gasteiger partial charge in [-0.15, -0.1) is 0 Å². The maximum absolute atomic E-state index is 12.3. The molecular formula is C19H20N2O5. The van der Waals surface area contributed by atoms with Crippen molar-refractivity contribution in [3.8, 4) is 0 Å². The molecule has 1 aliphatic rings. The van der Waals surface area contributed by atoms with Gasteiger partial charge in [-0.1, -0.05) is 0 Å². The van der Waals surface area contributed by atoms with E-state index in [1.165, 1.54) is 7.11 Å². The number of anilines is 1. The largest absolute Gasteiger partial charge is 0.469 e. The number of esters is 1. The first kappa shape index (κ1) is 17.7. The minimum absolute atomic E-state index is 0.0540. The molecule has 0 aliphatic heterocycles. The summed E-state index contributed by atoms with van der Waals surface area (Å²) in [5, 5.41) is 5.49. The van der Waals surface area contributed by atoms with E-state index in [1.54, 1.807) is 30.5 Å². The second-order valence-corrected chi connectivity index (χ2v) is 6.11. The first-order valence-electron chi connectivity index (χ1n) is 8.38. The van der Waals surface area contributed by atoms with Gasteiger partial charge in [0, 0.05) is 29.6 Å². The van der Waals surface area contributed by atoms with Crippen LogP contribution in [0.4, 0.5) is 5.69 Å². The Morgan fingerprint density at radius 1 is 1.19 bits per heavy atom. The highest BCUT2D eigenvalue weighted by Crippen LogP contribution is 2.48. The maximum Gasteiger partial charge on any atom is 0.307 e. The molecule has 2 aromatic rings. The van der Waals surface area contributed by atoms with E-state index in [2.05, 4.69) is 15.4 Å². The number of hydrogen-bond donors (Lipinski definition) is 2. The molecular weight excluding hydrogens is 336 g/mol. The third kappa shape index (κ3) is 4.30. The number of carbonyl (C=O) groups excluding carboxylic acids is 3. The van der Waals surface area contributed by atoms with Crippen molar-refractivity contribution in [1.82, 2.24) is 5.32 Å². The molecule has 1 saturated carbocycles. The van der Waals surface area contributed by atoms with Gasteiger partial charge in [0.25, 0.3) is 5.91 Å². The summed E-state index contributed by atoms with van der Waals surface area (Å²) in [4.78, 5) is 35.3. The molecule has 26 heavy (non-hydrogen) atoms. The van der Waals surface area contributed by atoms with Crippen LogP contribution >= 0.6 is 0 Å². The predicted molar refractivity (Wildman–Crippen MR) is 93.6 cm³/mol. The second kappa shape index (κ2) is 7.86. The zero-order valence-electron chi connectivity index (χ0n) is 14.4. The van der Waals surface area contributed by atoms with E-state index in [4.69, 9.17) is 4.42 Å². The molecule has 2 N–H and O–H groups in total. The van der Waals surface area contributed by atoms with Gasteiger partial charge >= 0.3 is 5.97 Å². The van der Waals surface area contributed by atoms with Crippen LogP contribution in [0.15, 0.2) is 47.1 Å². The molecule has 7 heteroatoms. The third-order valence-electron chi connectivity index (χ3n) is 4.29. The van der Waals surface area contributed by atoms with Crippen molar-refractivity contribution in [1.29, 1.82) is 0 Å². The summed E-state index contributed by atoms with van der Waals surface area (Å²) in [5.41, 5.74) is 1.08. The Morgan fingerprint density at radius 3 is 2.62 bits per heavy atom. The standard InChI is InChI=1S/C19H20N2O5/c1-25-17(22)8-9-20-18(23)12-4-6-13(7-5-12)21-19(24)15-11-14(15)16-3-2-10-26-16/h2-7,10,14-15H,8-9,11H2,1H3,(H,20,23)(H,21,24). The first-order chi connectivity index (χ1) is 12.6. The van der Waals surface area contributed by atoms with Crippen LogP contribution in [0.2, 0.25) is 0 Å². The lowest BCUT2D eigenvalue weighted by Gasteiger charge is -2.07. The summed E-state index contributed by atoms with van der Waals surface area (Å²) >= 11 is 0. The number of furan rings is 1. The van der Waals surface area contributed by atoms with Crippen LogP contribution in [0.5, 0.6) is 0 Å². The SMILES string of the molecule is COC(=O)CCNC(=O)c1ccc(NC(=O)C2CC2c2ccco2)cc1. The van der Waals surface area contributed by atoms with Crippen molar-refractivity contribution in [3.05, 3.63) is 54.0 Å². The second-order valence-electron chi connectivity index (χ2n) is 6.11. The van der Waals surface area contributed by atoms with Crippen LogP contribution in [-0.2, 0) is 14.3 Å². The van der Waals surface area contributed by atoms with E-state index >= 15 is 0 Å². The number of amides is 2. The van der Waals surface area contributed by atoms with Gasteiger partial charge in [-0.3, -0.25) is 14.4 Å².